The van der Waals surface area contributed by atoms with Crippen LogP contribution in [0, 0.1) is 0 Å². The Hall–Kier alpha value is -1.14. The molecule has 16 heavy (non-hydrogen) atoms. The molecule has 0 amide bonds. The van der Waals surface area contributed by atoms with Crippen LogP contribution in [0.4, 0.5) is 0 Å². The number of hydrogen-bond acceptors (Lipinski definition) is 4. The van der Waals surface area contributed by atoms with Crippen LogP contribution in [0.1, 0.15) is 27.7 Å². The molecule has 0 spiro atoms. The van der Waals surface area contributed by atoms with Gasteiger partial charge in [0.15, 0.2) is 0 Å². The smallest absolute Gasteiger partial charge is 0.245 e. The van der Waals surface area contributed by atoms with Crippen LogP contribution in [-0.4, -0.2) is 42.9 Å². The van der Waals surface area contributed by atoms with E-state index in [9.17, 15) is 0 Å². The SMILES string of the molecule is COC1N=CNC(=NC(C)C)N1NC(C)C. The molecule has 0 aliphatic carbocycles. The number of ether oxygens (including phenoxy) is 1. The van der Waals surface area contributed by atoms with Crippen molar-refractivity contribution in [3.63, 3.8) is 0 Å². The fourth-order valence-corrected chi connectivity index (χ4v) is 1.31. The monoisotopic (exact) mass is 227 g/mol. The van der Waals surface area contributed by atoms with E-state index in [0.29, 0.717) is 0 Å². The zero-order valence-electron chi connectivity index (χ0n) is 10.6. The normalized spacial score (nSPS) is 23.3. The first-order valence-electron chi connectivity index (χ1n) is 5.48. The second-order valence-corrected chi connectivity index (χ2v) is 4.18. The molecular formula is C10H21N5O. The molecule has 1 aliphatic rings. The van der Waals surface area contributed by atoms with E-state index in [1.54, 1.807) is 18.5 Å². The number of hydrogen-bond donors (Lipinski definition) is 2. The maximum atomic E-state index is 5.26. The standard InChI is InChI=1S/C10H21N5O/c1-7(2)13-9-11-6-12-10(16-5)15(9)14-8(3)4/h6-8,10,14H,1-5H3,(H,11,12,13). The summed E-state index contributed by atoms with van der Waals surface area (Å²) in [5.74, 6) is 0.727. The zero-order chi connectivity index (χ0) is 12.1. The highest BCUT2D eigenvalue weighted by atomic mass is 16.5. The highest BCUT2D eigenvalue weighted by Crippen LogP contribution is 2.05. The van der Waals surface area contributed by atoms with Crippen molar-refractivity contribution in [2.45, 2.75) is 46.1 Å². The summed E-state index contributed by atoms with van der Waals surface area (Å²) in [5.41, 5.74) is 3.24. The number of aliphatic imine (C=N–C) groups is 2. The van der Waals surface area contributed by atoms with Crippen molar-refractivity contribution in [1.29, 1.82) is 0 Å². The van der Waals surface area contributed by atoms with Gasteiger partial charge >= 0.3 is 0 Å². The molecule has 1 heterocycles. The van der Waals surface area contributed by atoms with E-state index in [0.717, 1.165) is 5.96 Å². The van der Waals surface area contributed by atoms with Gasteiger partial charge in [-0.2, -0.15) is 0 Å². The van der Waals surface area contributed by atoms with E-state index < -0.39 is 0 Å². The van der Waals surface area contributed by atoms with Gasteiger partial charge in [-0.1, -0.05) is 0 Å². The molecule has 0 aromatic heterocycles. The van der Waals surface area contributed by atoms with Crippen LogP contribution in [0.15, 0.2) is 9.98 Å². The lowest BCUT2D eigenvalue weighted by molar-refractivity contribution is -0.0200. The Labute approximate surface area is 96.8 Å². The fourth-order valence-electron chi connectivity index (χ4n) is 1.31. The molecule has 0 aromatic carbocycles. The van der Waals surface area contributed by atoms with E-state index in [1.807, 2.05) is 13.8 Å². The largest absolute Gasteiger partial charge is 0.341 e. The molecule has 0 radical (unpaired) electrons. The Morgan fingerprint density at radius 1 is 1.50 bits per heavy atom. The van der Waals surface area contributed by atoms with Gasteiger partial charge in [-0.25, -0.2) is 20.4 Å². The third kappa shape index (κ3) is 3.46. The van der Waals surface area contributed by atoms with E-state index in [2.05, 4.69) is 34.6 Å². The van der Waals surface area contributed by atoms with Crippen LogP contribution in [0.3, 0.4) is 0 Å². The molecule has 1 rings (SSSR count). The van der Waals surface area contributed by atoms with Gasteiger partial charge in [-0.3, -0.25) is 0 Å². The lowest BCUT2D eigenvalue weighted by Gasteiger charge is -2.34. The third-order valence-electron chi connectivity index (χ3n) is 1.83. The van der Waals surface area contributed by atoms with Gasteiger partial charge in [0.1, 0.15) is 0 Å². The first-order valence-corrected chi connectivity index (χ1v) is 5.48. The molecule has 0 bridgehead atoms. The molecule has 1 atom stereocenters. The van der Waals surface area contributed by atoms with Crippen molar-refractivity contribution in [2.24, 2.45) is 9.98 Å². The molecule has 0 saturated heterocycles. The Kier molecular flexibility index (Phi) is 4.70. The molecule has 0 fully saturated rings. The summed E-state index contributed by atoms with van der Waals surface area (Å²) in [5, 5.41) is 4.81. The van der Waals surface area contributed by atoms with Crippen molar-refractivity contribution in [3.05, 3.63) is 0 Å². The number of nitrogens with one attached hydrogen (secondary N) is 2. The van der Waals surface area contributed by atoms with Gasteiger partial charge < -0.3 is 10.1 Å². The van der Waals surface area contributed by atoms with E-state index >= 15 is 0 Å². The quantitative estimate of drug-likeness (QED) is 0.735. The molecule has 6 heteroatoms. The molecule has 6 nitrogen and oxygen atoms in total. The van der Waals surface area contributed by atoms with Gasteiger partial charge in [0.25, 0.3) is 0 Å². The van der Waals surface area contributed by atoms with Crippen LogP contribution in [0.2, 0.25) is 0 Å². The fraction of sp³-hybridized carbons (Fsp3) is 0.800. The summed E-state index contributed by atoms with van der Waals surface area (Å²) in [6.45, 7) is 8.15. The van der Waals surface area contributed by atoms with Crippen LogP contribution in [0.5, 0.6) is 0 Å². The van der Waals surface area contributed by atoms with Crippen molar-refractivity contribution < 1.29 is 4.74 Å². The molecule has 92 valence electrons. The predicted octanol–water partition coefficient (Wildman–Crippen LogP) is 0.527. The van der Waals surface area contributed by atoms with Crippen LogP contribution < -0.4 is 10.7 Å². The van der Waals surface area contributed by atoms with Crippen LogP contribution in [-0.2, 0) is 4.74 Å². The van der Waals surface area contributed by atoms with Crippen molar-refractivity contribution in [3.8, 4) is 0 Å². The van der Waals surface area contributed by atoms with Crippen LogP contribution >= 0.6 is 0 Å². The van der Waals surface area contributed by atoms with E-state index in [4.69, 9.17) is 4.74 Å². The summed E-state index contributed by atoms with van der Waals surface area (Å²) in [6.07, 6.45) is 1.23. The number of rotatable bonds is 4. The summed E-state index contributed by atoms with van der Waals surface area (Å²) in [4.78, 5) is 8.63. The topological polar surface area (TPSA) is 61.2 Å². The molecule has 1 aliphatic heterocycles. The Balaban J connectivity index is 2.85. The number of hydrazine groups is 1. The van der Waals surface area contributed by atoms with E-state index in [1.165, 1.54) is 0 Å². The van der Waals surface area contributed by atoms with Gasteiger partial charge in [0.2, 0.25) is 12.3 Å². The Morgan fingerprint density at radius 3 is 2.69 bits per heavy atom. The predicted molar refractivity (Wildman–Crippen MR) is 65.1 cm³/mol. The maximum Gasteiger partial charge on any atom is 0.245 e. The minimum absolute atomic E-state index is 0.211. The summed E-state index contributed by atoms with van der Waals surface area (Å²) in [6, 6.07) is 0.494. The first kappa shape index (κ1) is 12.9. The van der Waals surface area contributed by atoms with Gasteiger partial charge in [0, 0.05) is 19.2 Å². The molecule has 0 saturated carbocycles. The lowest BCUT2D eigenvalue weighted by Crippen LogP contribution is -2.59. The Morgan fingerprint density at radius 2 is 2.19 bits per heavy atom. The van der Waals surface area contributed by atoms with Crippen molar-refractivity contribution >= 4 is 12.3 Å². The zero-order valence-corrected chi connectivity index (χ0v) is 10.6. The molecular weight excluding hydrogens is 206 g/mol. The molecule has 2 N–H and O–H groups in total. The first-order chi connectivity index (χ1) is 7.54. The highest BCUT2D eigenvalue weighted by Gasteiger charge is 2.24. The number of nitrogens with zero attached hydrogens (tertiary/aromatic N) is 3. The number of guanidine groups is 1. The van der Waals surface area contributed by atoms with Gasteiger partial charge in [-0.15, -0.1) is 0 Å². The molecule has 1 unspecified atom stereocenters. The van der Waals surface area contributed by atoms with Gasteiger partial charge in [-0.05, 0) is 27.7 Å². The van der Waals surface area contributed by atoms with Crippen LogP contribution in [0.25, 0.3) is 0 Å². The second kappa shape index (κ2) is 5.81. The lowest BCUT2D eigenvalue weighted by atomic mass is 10.4. The maximum absolute atomic E-state index is 5.26. The van der Waals surface area contributed by atoms with Crippen molar-refractivity contribution in [2.75, 3.05) is 7.11 Å². The Bertz CT molecular complexity index is 274. The third-order valence-corrected chi connectivity index (χ3v) is 1.83. The summed E-state index contributed by atoms with van der Waals surface area (Å²) < 4.78 is 5.26. The minimum Gasteiger partial charge on any atom is -0.341 e. The average Bonchev–Trinajstić information content (AvgIpc) is 2.19. The summed E-state index contributed by atoms with van der Waals surface area (Å²) >= 11 is 0. The minimum atomic E-state index is -0.374. The summed E-state index contributed by atoms with van der Waals surface area (Å²) in [7, 11) is 1.62. The molecule has 0 aromatic rings. The second-order valence-electron chi connectivity index (χ2n) is 4.18. The van der Waals surface area contributed by atoms with E-state index in [-0.39, 0.29) is 18.4 Å². The average molecular weight is 227 g/mol. The highest BCUT2D eigenvalue weighted by molar-refractivity contribution is 5.91. The van der Waals surface area contributed by atoms with Crippen molar-refractivity contribution in [1.82, 2.24) is 15.8 Å². The van der Waals surface area contributed by atoms with Gasteiger partial charge in [0.05, 0.1) is 6.34 Å². The number of methoxy groups -OCH3 is 1.